The molecule has 0 aliphatic carbocycles. The third-order valence-electron chi connectivity index (χ3n) is 11.9. The molecule has 3 nitrogen and oxygen atoms in total. The minimum atomic E-state index is 0.875. The summed E-state index contributed by atoms with van der Waals surface area (Å²) in [4.78, 5) is 2.43. The van der Waals surface area contributed by atoms with Gasteiger partial charge in [-0.2, -0.15) is 0 Å². The van der Waals surface area contributed by atoms with Crippen molar-refractivity contribution in [2.75, 3.05) is 4.90 Å². The first kappa shape index (κ1) is 33.3. The van der Waals surface area contributed by atoms with Gasteiger partial charge in [0.1, 0.15) is 11.2 Å². The molecule has 10 aromatic carbocycles. The topological polar surface area (TPSA) is 21.3 Å². The fraction of sp³-hybridized carbons (Fsp3) is 0. The summed E-state index contributed by atoms with van der Waals surface area (Å²) in [5, 5.41) is 9.54. The van der Waals surface area contributed by atoms with Crippen molar-refractivity contribution in [1.82, 2.24) is 4.57 Å². The van der Waals surface area contributed by atoms with Crippen LogP contribution < -0.4 is 4.90 Å². The first-order chi connectivity index (χ1) is 29.3. The van der Waals surface area contributed by atoms with Gasteiger partial charge in [-0.15, -0.1) is 0 Å². The molecule has 2 heterocycles. The number of hydrogen-bond acceptors (Lipinski definition) is 2. The van der Waals surface area contributed by atoms with Crippen molar-refractivity contribution in [2.24, 2.45) is 0 Å². The lowest BCUT2D eigenvalue weighted by Gasteiger charge is -2.29. The van der Waals surface area contributed by atoms with Crippen LogP contribution in [0.1, 0.15) is 0 Å². The molecule has 0 bridgehead atoms. The lowest BCUT2D eigenvalue weighted by atomic mass is 9.95. The Balaban J connectivity index is 1.11. The SMILES string of the molecule is c1cc(-c2cccc3ccccc23)cc(N(c2cccc(-n3c4ccccc4c4ccccc43)c2)c2ccccc2-c2cccc3oc4cc5ccccc5cc4c23)c1. The maximum Gasteiger partial charge on any atom is 0.136 e. The number of benzene rings is 10. The minimum Gasteiger partial charge on any atom is -0.456 e. The van der Waals surface area contributed by atoms with Crippen LogP contribution in [-0.2, 0) is 0 Å². The standard InChI is InChI=1S/C56H36N2O/c1-2-17-39-35-55-50(34-38(39)16-1)56-49(28-14-32-54(56)59-55)48-26-7-8-29-51(48)57(41-20-11-19-40(33-41)45-27-12-18-37-15-3-4-23-44(37)45)42-21-13-22-43(36-42)58-52-30-9-5-24-46(52)47-25-6-10-31-53(47)58/h1-36H. The fourth-order valence-electron chi connectivity index (χ4n) is 9.32. The average molecular weight is 753 g/mol. The molecule has 12 rings (SSSR count). The van der Waals surface area contributed by atoms with Crippen molar-refractivity contribution in [3.63, 3.8) is 0 Å². The third kappa shape index (κ3) is 5.36. The Hall–Kier alpha value is -7.88. The Morgan fingerprint density at radius 3 is 1.75 bits per heavy atom. The van der Waals surface area contributed by atoms with Gasteiger partial charge in [0.2, 0.25) is 0 Å². The second kappa shape index (κ2) is 13.4. The zero-order valence-electron chi connectivity index (χ0n) is 32.1. The number of aromatic nitrogens is 1. The van der Waals surface area contributed by atoms with E-state index in [1.807, 2.05) is 0 Å². The summed E-state index contributed by atoms with van der Waals surface area (Å²) in [5.41, 5.74) is 13.0. The van der Waals surface area contributed by atoms with Crippen LogP contribution in [0, 0.1) is 0 Å². The summed E-state index contributed by atoms with van der Waals surface area (Å²) < 4.78 is 9.00. The third-order valence-corrected chi connectivity index (χ3v) is 11.9. The lowest BCUT2D eigenvalue weighted by molar-refractivity contribution is 0.669. The number of para-hydroxylation sites is 3. The van der Waals surface area contributed by atoms with Crippen LogP contribution in [0.5, 0.6) is 0 Å². The molecule has 0 amide bonds. The molecule has 59 heavy (non-hydrogen) atoms. The molecule has 3 heteroatoms. The van der Waals surface area contributed by atoms with Crippen molar-refractivity contribution in [1.29, 1.82) is 0 Å². The van der Waals surface area contributed by atoms with Crippen molar-refractivity contribution in [2.45, 2.75) is 0 Å². The van der Waals surface area contributed by atoms with Gasteiger partial charge < -0.3 is 13.9 Å². The molecule has 276 valence electrons. The number of anilines is 3. The summed E-state index contributed by atoms with van der Waals surface area (Å²) in [6, 6.07) is 78.8. The van der Waals surface area contributed by atoms with E-state index in [0.717, 1.165) is 61.4 Å². The molecule has 0 radical (unpaired) electrons. The molecule has 0 aliphatic heterocycles. The van der Waals surface area contributed by atoms with E-state index in [9.17, 15) is 0 Å². The Bertz CT molecular complexity index is 3530. The van der Waals surface area contributed by atoms with Crippen molar-refractivity contribution >= 4 is 82.4 Å². The van der Waals surface area contributed by atoms with Crippen LogP contribution in [0.3, 0.4) is 0 Å². The van der Waals surface area contributed by atoms with Gasteiger partial charge in [-0.1, -0.05) is 152 Å². The molecule has 0 atom stereocenters. The van der Waals surface area contributed by atoms with Gasteiger partial charge in [0.15, 0.2) is 0 Å². The second-order valence-corrected chi connectivity index (χ2v) is 15.3. The fourth-order valence-corrected chi connectivity index (χ4v) is 9.32. The Kier molecular flexibility index (Phi) is 7.54. The molecule has 0 spiro atoms. The number of hydrogen-bond donors (Lipinski definition) is 0. The molecular formula is C56H36N2O. The van der Waals surface area contributed by atoms with Gasteiger partial charge in [-0.05, 0) is 105 Å². The van der Waals surface area contributed by atoms with E-state index < -0.39 is 0 Å². The predicted molar refractivity (Wildman–Crippen MR) is 249 cm³/mol. The average Bonchev–Trinajstić information content (AvgIpc) is 3.84. The Labute approximate surface area is 341 Å². The quantitative estimate of drug-likeness (QED) is 0.169. The van der Waals surface area contributed by atoms with Gasteiger partial charge in [-0.3, -0.25) is 0 Å². The summed E-state index contributed by atoms with van der Waals surface area (Å²) in [6.45, 7) is 0. The highest BCUT2D eigenvalue weighted by molar-refractivity contribution is 6.17. The molecule has 0 saturated heterocycles. The number of furan rings is 1. The van der Waals surface area contributed by atoms with Gasteiger partial charge >= 0.3 is 0 Å². The van der Waals surface area contributed by atoms with Gasteiger partial charge in [-0.25, -0.2) is 0 Å². The first-order valence-electron chi connectivity index (χ1n) is 20.2. The van der Waals surface area contributed by atoms with E-state index in [0.29, 0.717) is 0 Å². The number of fused-ring (bicyclic) bond motifs is 8. The van der Waals surface area contributed by atoms with Crippen molar-refractivity contribution in [3.05, 3.63) is 218 Å². The van der Waals surface area contributed by atoms with E-state index in [4.69, 9.17) is 4.42 Å². The number of nitrogens with zero attached hydrogens (tertiary/aromatic N) is 2. The second-order valence-electron chi connectivity index (χ2n) is 15.3. The molecule has 0 N–H and O–H groups in total. The van der Waals surface area contributed by atoms with Crippen molar-refractivity contribution < 1.29 is 4.42 Å². The van der Waals surface area contributed by atoms with E-state index in [2.05, 4.69) is 228 Å². The Morgan fingerprint density at radius 2 is 0.932 bits per heavy atom. The summed E-state index contributed by atoms with van der Waals surface area (Å²) >= 11 is 0. The highest BCUT2D eigenvalue weighted by Gasteiger charge is 2.22. The summed E-state index contributed by atoms with van der Waals surface area (Å²) in [7, 11) is 0. The van der Waals surface area contributed by atoms with E-state index in [1.54, 1.807) is 0 Å². The molecule has 0 fully saturated rings. The molecule has 12 aromatic rings. The van der Waals surface area contributed by atoms with Crippen LogP contribution in [0.15, 0.2) is 223 Å². The monoisotopic (exact) mass is 752 g/mol. The first-order valence-corrected chi connectivity index (χ1v) is 20.2. The molecular weight excluding hydrogens is 717 g/mol. The van der Waals surface area contributed by atoms with Gasteiger partial charge in [0.05, 0.1) is 16.7 Å². The molecule has 0 unspecified atom stereocenters. The normalized spacial score (nSPS) is 11.7. The Morgan fingerprint density at radius 1 is 0.356 bits per heavy atom. The summed E-state index contributed by atoms with van der Waals surface area (Å²) in [5.74, 6) is 0. The maximum atomic E-state index is 6.60. The van der Waals surface area contributed by atoms with E-state index >= 15 is 0 Å². The predicted octanol–water partition coefficient (Wildman–Crippen LogP) is 15.8. The smallest absolute Gasteiger partial charge is 0.136 e. The lowest BCUT2D eigenvalue weighted by Crippen LogP contribution is -2.12. The van der Waals surface area contributed by atoms with Crippen LogP contribution in [0.25, 0.3) is 93.2 Å². The van der Waals surface area contributed by atoms with Crippen LogP contribution in [-0.4, -0.2) is 4.57 Å². The van der Waals surface area contributed by atoms with Gasteiger partial charge in [0, 0.05) is 44.2 Å². The zero-order valence-corrected chi connectivity index (χ0v) is 32.1. The van der Waals surface area contributed by atoms with Gasteiger partial charge in [0.25, 0.3) is 0 Å². The van der Waals surface area contributed by atoms with E-state index in [1.165, 1.54) is 48.9 Å². The minimum absolute atomic E-state index is 0.875. The molecule has 2 aromatic heterocycles. The van der Waals surface area contributed by atoms with E-state index in [-0.39, 0.29) is 0 Å². The number of rotatable bonds is 6. The van der Waals surface area contributed by atoms with Crippen LogP contribution >= 0.6 is 0 Å². The largest absolute Gasteiger partial charge is 0.456 e. The molecule has 0 saturated carbocycles. The van der Waals surface area contributed by atoms with Crippen LogP contribution in [0.2, 0.25) is 0 Å². The van der Waals surface area contributed by atoms with Crippen molar-refractivity contribution in [3.8, 4) is 27.9 Å². The van der Waals surface area contributed by atoms with Crippen LogP contribution in [0.4, 0.5) is 17.1 Å². The zero-order chi connectivity index (χ0) is 38.9. The highest BCUT2D eigenvalue weighted by atomic mass is 16.3. The molecule has 0 aliphatic rings. The maximum absolute atomic E-state index is 6.60. The highest BCUT2D eigenvalue weighted by Crippen LogP contribution is 2.46. The summed E-state index contributed by atoms with van der Waals surface area (Å²) in [6.07, 6.45) is 0.